The molecular weight excluding hydrogens is 324 g/mol. The van der Waals surface area contributed by atoms with E-state index in [9.17, 15) is 4.79 Å². The molecule has 1 atom stereocenters. The van der Waals surface area contributed by atoms with Gasteiger partial charge in [-0.2, -0.15) is 0 Å². The molecular formula is C22H24N2O2. The first-order chi connectivity index (χ1) is 12.8. The van der Waals surface area contributed by atoms with E-state index in [1.165, 1.54) is 0 Å². The van der Waals surface area contributed by atoms with Gasteiger partial charge in [-0.25, -0.2) is 9.78 Å². The fourth-order valence-corrected chi connectivity index (χ4v) is 3.17. The molecule has 0 bridgehead atoms. The van der Waals surface area contributed by atoms with Crippen molar-refractivity contribution in [2.75, 3.05) is 6.61 Å². The second kappa shape index (κ2) is 8.48. The number of benzene rings is 2. The number of hydrogen-bond donors (Lipinski definition) is 0. The average molecular weight is 348 g/mol. The molecule has 0 fully saturated rings. The van der Waals surface area contributed by atoms with Gasteiger partial charge in [0.1, 0.15) is 6.04 Å². The summed E-state index contributed by atoms with van der Waals surface area (Å²) in [6.45, 7) is 4.28. The highest BCUT2D eigenvalue weighted by Gasteiger charge is 2.26. The zero-order valence-corrected chi connectivity index (χ0v) is 15.3. The highest BCUT2D eigenvalue weighted by atomic mass is 16.5. The predicted molar refractivity (Wildman–Crippen MR) is 104 cm³/mol. The van der Waals surface area contributed by atoms with Crippen LogP contribution in [0.25, 0.3) is 22.5 Å². The van der Waals surface area contributed by atoms with E-state index in [0.29, 0.717) is 13.0 Å². The third kappa shape index (κ3) is 3.69. The SMILES string of the molecule is CCCC(C(=O)OCC)n1cnc(-c2ccccc2)c1-c1ccccc1. The zero-order chi connectivity index (χ0) is 18.4. The van der Waals surface area contributed by atoms with Gasteiger partial charge in [0.2, 0.25) is 0 Å². The van der Waals surface area contributed by atoms with Crippen LogP contribution >= 0.6 is 0 Å². The van der Waals surface area contributed by atoms with Crippen LogP contribution in [0.5, 0.6) is 0 Å². The largest absolute Gasteiger partial charge is 0.464 e. The zero-order valence-electron chi connectivity index (χ0n) is 15.3. The second-order valence-corrected chi connectivity index (χ2v) is 6.14. The van der Waals surface area contributed by atoms with Crippen LogP contribution in [0.4, 0.5) is 0 Å². The lowest BCUT2D eigenvalue weighted by Crippen LogP contribution is -2.22. The van der Waals surface area contributed by atoms with Gasteiger partial charge >= 0.3 is 5.97 Å². The van der Waals surface area contributed by atoms with E-state index < -0.39 is 0 Å². The molecule has 1 unspecified atom stereocenters. The quantitative estimate of drug-likeness (QED) is 0.557. The van der Waals surface area contributed by atoms with Crippen LogP contribution < -0.4 is 0 Å². The van der Waals surface area contributed by atoms with Gasteiger partial charge < -0.3 is 9.30 Å². The van der Waals surface area contributed by atoms with Crippen molar-refractivity contribution in [3.63, 3.8) is 0 Å². The minimum absolute atomic E-state index is 0.205. The minimum Gasteiger partial charge on any atom is -0.464 e. The Morgan fingerprint density at radius 2 is 1.62 bits per heavy atom. The number of carbonyl (C=O) groups excluding carboxylic acids is 1. The molecule has 26 heavy (non-hydrogen) atoms. The van der Waals surface area contributed by atoms with Crippen molar-refractivity contribution in [2.24, 2.45) is 0 Å². The molecule has 0 N–H and O–H groups in total. The van der Waals surface area contributed by atoms with Crippen molar-refractivity contribution in [3.8, 4) is 22.5 Å². The molecule has 3 aromatic rings. The Hall–Kier alpha value is -2.88. The minimum atomic E-state index is -0.375. The summed E-state index contributed by atoms with van der Waals surface area (Å²) >= 11 is 0. The molecule has 0 saturated heterocycles. The third-order valence-corrected chi connectivity index (χ3v) is 4.34. The maximum atomic E-state index is 12.6. The Labute approximate surface area is 154 Å². The van der Waals surface area contributed by atoms with Crippen LogP contribution in [0.2, 0.25) is 0 Å². The summed E-state index contributed by atoms with van der Waals surface area (Å²) in [6, 6.07) is 19.8. The summed E-state index contributed by atoms with van der Waals surface area (Å²) in [7, 11) is 0. The average Bonchev–Trinajstić information content (AvgIpc) is 3.12. The van der Waals surface area contributed by atoms with E-state index in [-0.39, 0.29) is 12.0 Å². The maximum Gasteiger partial charge on any atom is 0.329 e. The molecule has 3 rings (SSSR count). The molecule has 1 aromatic heterocycles. The summed E-state index contributed by atoms with van der Waals surface area (Å²) in [6.07, 6.45) is 3.36. The number of esters is 1. The lowest BCUT2D eigenvalue weighted by atomic mass is 10.0. The fourth-order valence-electron chi connectivity index (χ4n) is 3.17. The summed E-state index contributed by atoms with van der Waals surface area (Å²) in [5, 5.41) is 0. The second-order valence-electron chi connectivity index (χ2n) is 6.14. The fraction of sp³-hybridized carbons (Fsp3) is 0.273. The van der Waals surface area contributed by atoms with Gasteiger partial charge in [0, 0.05) is 11.1 Å². The van der Waals surface area contributed by atoms with Gasteiger partial charge in [-0.1, -0.05) is 74.0 Å². The van der Waals surface area contributed by atoms with E-state index in [0.717, 1.165) is 28.9 Å². The lowest BCUT2D eigenvalue weighted by molar-refractivity contribution is -0.147. The summed E-state index contributed by atoms with van der Waals surface area (Å²) in [5.74, 6) is -0.205. The Morgan fingerprint density at radius 3 is 2.19 bits per heavy atom. The van der Waals surface area contributed by atoms with Gasteiger partial charge in [-0.05, 0) is 13.3 Å². The number of imidazole rings is 1. The Kier molecular flexibility index (Phi) is 5.84. The third-order valence-electron chi connectivity index (χ3n) is 4.34. The molecule has 0 saturated carbocycles. The summed E-state index contributed by atoms with van der Waals surface area (Å²) in [5.41, 5.74) is 3.89. The van der Waals surface area contributed by atoms with Crippen LogP contribution in [-0.2, 0) is 9.53 Å². The number of carbonyl (C=O) groups is 1. The molecule has 134 valence electrons. The smallest absolute Gasteiger partial charge is 0.329 e. The van der Waals surface area contributed by atoms with Crippen LogP contribution in [0, 0.1) is 0 Å². The molecule has 0 radical (unpaired) electrons. The number of ether oxygens (including phenoxy) is 1. The Bertz CT molecular complexity index is 841. The lowest BCUT2D eigenvalue weighted by Gasteiger charge is -2.20. The van der Waals surface area contributed by atoms with E-state index >= 15 is 0 Å². The van der Waals surface area contributed by atoms with Crippen molar-refractivity contribution in [2.45, 2.75) is 32.7 Å². The first-order valence-corrected chi connectivity index (χ1v) is 9.10. The molecule has 0 aliphatic heterocycles. The van der Waals surface area contributed by atoms with Crippen molar-refractivity contribution >= 4 is 5.97 Å². The molecule has 0 aliphatic carbocycles. The van der Waals surface area contributed by atoms with Gasteiger partial charge in [0.15, 0.2) is 0 Å². The molecule has 4 heteroatoms. The molecule has 0 spiro atoms. The van der Waals surface area contributed by atoms with Crippen molar-refractivity contribution in [1.82, 2.24) is 9.55 Å². The van der Waals surface area contributed by atoms with Gasteiger partial charge in [-0.3, -0.25) is 0 Å². The number of hydrogen-bond acceptors (Lipinski definition) is 3. The number of nitrogens with zero attached hydrogens (tertiary/aromatic N) is 2. The van der Waals surface area contributed by atoms with Crippen molar-refractivity contribution in [1.29, 1.82) is 0 Å². The first-order valence-electron chi connectivity index (χ1n) is 9.10. The Morgan fingerprint density at radius 1 is 1.00 bits per heavy atom. The first kappa shape index (κ1) is 17.9. The van der Waals surface area contributed by atoms with Crippen LogP contribution in [0.3, 0.4) is 0 Å². The molecule has 0 amide bonds. The maximum absolute atomic E-state index is 12.6. The monoisotopic (exact) mass is 348 g/mol. The van der Waals surface area contributed by atoms with Gasteiger partial charge in [0.05, 0.1) is 24.3 Å². The van der Waals surface area contributed by atoms with E-state index in [1.807, 2.05) is 72.2 Å². The normalized spacial score (nSPS) is 11.9. The topological polar surface area (TPSA) is 44.1 Å². The number of rotatable bonds is 7. The standard InChI is InChI=1S/C22H24N2O2/c1-3-11-19(22(25)26-4-2)24-16-23-20(17-12-7-5-8-13-17)21(24)18-14-9-6-10-15-18/h5-10,12-16,19H,3-4,11H2,1-2H3. The van der Waals surface area contributed by atoms with Gasteiger partial charge in [-0.15, -0.1) is 0 Å². The highest BCUT2D eigenvalue weighted by molar-refractivity contribution is 5.81. The van der Waals surface area contributed by atoms with Crippen LogP contribution in [-0.4, -0.2) is 22.1 Å². The number of aromatic nitrogens is 2. The van der Waals surface area contributed by atoms with E-state index in [4.69, 9.17) is 4.74 Å². The summed E-state index contributed by atoms with van der Waals surface area (Å²) in [4.78, 5) is 17.3. The molecule has 0 aliphatic rings. The molecule has 4 nitrogen and oxygen atoms in total. The summed E-state index contributed by atoms with van der Waals surface area (Å²) < 4.78 is 7.30. The van der Waals surface area contributed by atoms with E-state index in [2.05, 4.69) is 11.9 Å². The van der Waals surface area contributed by atoms with Crippen molar-refractivity contribution in [3.05, 3.63) is 67.0 Å². The Balaban J connectivity index is 2.16. The van der Waals surface area contributed by atoms with E-state index in [1.54, 1.807) is 6.33 Å². The van der Waals surface area contributed by atoms with Gasteiger partial charge in [0.25, 0.3) is 0 Å². The van der Waals surface area contributed by atoms with Crippen molar-refractivity contribution < 1.29 is 9.53 Å². The molecule has 1 heterocycles. The van der Waals surface area contributed by atoms with Crippen LogP contribution in [0.1, 0.15) is 32.7 Å². The highest BCUT2D eigenvalue weighted by Crippen LogP contribution is 2.34. The molecule has 2 aromatic carbocycles. The van der Waals surface area contributed by atoms with Crippen LogP contribution in [0.15, 0.2) is 67.0 Å². The predicted octanol–water partition coefficient (Wildman–Crippen LogP) is 5.12.